The van der Waals surface area contributed by atoms with Crippen LogP contribution in [0.5, 0.6) is 0 Å². The lowest BCUT2D eigenvalue weighted by Crippen LogP contribution is -2.56. The van der Waals surface area contributed by atoms with Crippen molar-refractivity contribution in [1.82, 2.24) is 20.0 Å². The van der Waals surface area contributed by atoms with E-state index in [2.05, 4.69) is 38.0 Å². The van der Waals surface area contributed by atoms with Gasteiger partial charge in [-0.05, 0) is 64.0 Å². The topological polar surface area (TPSA) is 73.0 Å². The first-order valence-electron chi connectivity index (χ1n) is 11.9. The first kappa shape index (κ1) is 23.0. The molecule has 7 nitrogen and oxygen atoms in total. The van der Waals surface area contributed by atoms with Gasteiger partial charge < -0.3 is 15.1 Å². The fourth-order valence-corrected chi connectivity index (χ4v) is 5.61. The van der Waals surface area contributed by atoms with E-state index in [4.69, 9.17) is 0 Å². The molecule has 0 unspecified atom stereocenters. The van der Waals surface area contributed by atoms with Crippen molar-refractivity contribution in [3.63, 3.8) is 0 Å². The number of piperidine rings is 1. The van der Waals surface area contributed by atoms with E-state index in [0.29, 0.717) is 44.4 Å². The highest BCUT2D eigenvalue weighted by Gasteiger charge is 2.55. The predicted octanol–water partition coefficient (Wildman–Crippen LogP) is 2.85. The molecule has 3 aliphatic rings. The average Bonchev–Trinajstić information content (AvgIpc) is 3.21. The maximum absolute atomic E-state index is 13.5. The van der Waals surface area contributed by atoms with Gasteiger partial charge in [-0.1, -0.05) is 27.2 Å². The van der Waals surface area contributed by atoms with Crippen LogP contribution in [0.15, 0.2) is 0 Å². The molecule has 0 bridgehead atoms. The van der Waals surface area contributed by atoms with Gasteiger partial charge in [0, 0.05) is 32.1 Å². The van der Waals surface area contributed by atoms with Crippen LogP contribution in [-0.4, -0.2) is 77.4 Å². The number of imide groups is 1. The minimum atomic E-state index is -0.791. The zero-order valence-corrected chi connectivity index (χ0v) is 19.3. The number of likely N-dealkylation sites (tertiary alicyclic amines) is 2. The Balaban J connectivity index is 1.64. The summed E-state index contributed by atoms with van der Waals surface area (Å²) in [6, 6.07) is 0.231. The predicted molar refractivity (Wildman–Crippen MR) is 117 cm³/mol. The number of rotatable bonds is 8. The number of urea groups is 1. The summed E-state index contributed by atoms with van der Waals surface area (Å²) in [5.41, 5.74) is -0.791. The van der Waals surface area contributed by atoms with Crippen LogP contribution in [0.4, 0.5) is 4.79 Å². The monoisotopic (exact) mass is 420 g/mol. The maximum Gasteiger partial charge on any atom is 0.325 e. The second kappa shape index (κ2) is 9.67. The number of nitrogens with one attached hydrogen (secondary N) is 1. The summed E-state index contributed by atoms with van der Waals surface area (Å²) in [5, 5.41) is 3.12. The molecule has 0 radical (unpaired) electrons. The van der Waals surface area contributed by atoms with Crippen LogP contribution >= 0.6 is 0 Å². The van der Waals surface area contributed by atoms with Crippen LogP contribution in [0.3, 0.4) is 0 Å². The van der Waals surface area contributed by atoms with Gasteiger partial charge in [-0.3, -0.25) is 14.5 Å². The second-order valence-corrected chi connectivity index (χ2v) is 9.93. The fraction of sp³-hybridized carbons (Fsp3) is 0.870. The van der Waals surface area contributed by atoms with E-state index >= 15 is 0 Å². The minimum Gasteiger partial charge on any atom is -0.343 e. The van der Waals surface area contributed by atoms with Crippen LogP contribution in [0.1, 0.15) is 72.1 Å². The summed E-state index contributed by atoms with van der Waals surface area (Å²) >= 11 is 0. The van der Waals surface area contributed by atoms with Gasteiger partial charge >= 0.3 is 6.03 Å². The zero-order valence-electron chi connectivity index (χ0n) is 19.3. The molecule has 0 saturated carbocycles. The summed E-state index contributed by atoms with van der Waals surface area (Å²) in [7, 11) is 2.12. The third kappa shape index (κ3) is 4.66. The molecule has 3 fully saturated rings. The molecule has 170 valence electrons. The van der Waals surface area contributed by atoms with Crippen LogP contribution in [0, 0.1) is 11.8 Å². The lowest BCUT2D eigenvalue weighted by Gasteiger charge is -2.41. The fourth-order valence-electron chi connectivity index (χ4n) is 5.61. The van der Waals surface area contributed by atoms with Gasteiger partial charge in [0.2, 0.25) is 5.91 Å². The van der Waals surface area contributed by atoms with E-state index in [1.807, 2.05) is 4.90 Å². The molecule has 3 aliphatic heterocycles. The van der Waals surface area contributed by atoms with Crippen LogP contribution in [0.2, 0.25) is 0 Å². The molecule has 0 aromatic rings. The number of hydrogen-bond donors (Lipinski definition) is 1. The van der Waals surface area contributed by atoms with Crippen molar-refractivity contribution in [1.29, 1.82) is 0 Å². The zero-order chi connectivity index (χ0) is 21.9. The van der Waals surface area contributed by atoms with E-state index in [1.54, 1.807) is 0 Å². The molecule has 2 atom stereocenters. The van der Waals surface area contributed by atoms with Crippen molar-refractivity contribution in [2.24, 2.45) is 11.8 Å². The highest BCUT2D eigenvalue weighted by Crippen LogP contribution is 2.37. The third-order valence-electron chi connectivity index (χ3n) is 7.33. The van der Waals surface area contributed by atoms with E-state index in [9.17, 15) is 14.4 Å². The summed E-state index contributed by atoms with van der Waals surface area (Å²) in [6.07, 6.45) is 6.81. The molecule has 3 saturated heterocycles. The molecule has 0 aromatic carbocycles. The molecular formula is C23H40N4O3. The highest BCUT2D eigenvalue weighted by molar-refractivity contribution is 6.07. The molecule has 0 spiro atoms. The van der Waals surface area contributed by atoms with Crippen LogP contribution < -0.4 is 5.32 Å². The van der Waals surface area contributed by atoms with Crippen molar-refractivity contribution >= 4 is 17.8 Å². The molecule has 30 heavy (non-hydrogen) atoms. The smallest absolute Gasteiger partial charge is 0.325 e. The van der Waals surface area contributed by atoms with Gasteiger partial charge in [-0.25, -0.2) is 4.79 Å². The molecular weight excluding hydrogens is 380 g/mol. The Labute approximate surface area is 181 Å². The molecule has 1 N–H and O–H groups in total. The van der Waals surface area contributed by atoms with Gasteiger partial charge in [-0.15, -0.1) is 0 Å². The van der Waals surface area contributed by atoms with Crippen molar-refractivity contribution < 1.29 is 14.4 Å². The Morgan fingerprint density at radius 1 is 1.17 bits per heavy atom. The van der Waals surface area contributed by atoms with Crippen molar-refractivity contribution in [3.05, 3.63) is 0 Å². The highest BCUT2D eigenvalue weighted by atomic mass is 16.2. The van der Waals surface area contributed by atoms with E-state index in [1.165, 1.54) is 11.3 Å². The Kier molecular flexibility index (Phi) is 7.43. The largest absolute Gasteiger partial charge is 0.343 e. The number of carbonyl (C=O) groups excluding carboxylic acids is 3. The second-order valence-electron chi connectivity index (χ2n) is 9.93. The average molecular weight is 421 g/mol. The van der Waals surface area contributed by atoms with Crippen LogP contribution in [0.25, 0.3) is 0 Å². The Hall–Kier alpha value is -1.63. The number of amides is 4. The van der Waals surface area contributed by atoms with Crippen molar-refractivity contribution in [3.8, 4) is 0 Å². The van der Waals surface area contributed by atoms with E-state index in [0.717, 1.165) is 38.6 Å². The van der Waals surface area contributed by atoms with Gasteiger partial charge in [0.1, 0.15) is 5.54 Å². The quantitative estimate of drug-likeness (QED) is 0.613. The lowest BCUT2D eigenvalue weighted by molar-refractivity contribution is -0.136. The Bertz CT molecular complexity index is 644. The molecule has 4 amide bonds. The maximum atomic E-state index is 13.5. The summed E-state index contributed by atoms with van der Waals surface area (Å²) in [6.45, 7) is 9.14. The van der Waals surface area contributed by atoms with Gasteiger partial charge in [0.25, 0.3) is 5.91 Å². The number of nitrogens with zero attached hydrogens (tertiary/aromatic N) is 3. The summed E-state index contributed by atoms with van der Waals surface area (Å²) in [5.74, 6) is 0.611. The lowest BCUT2D eigenvalue weighted by atomic mass is 9.74. The molecule has 3 heterocycles. The normalized spacial score (nSPS) is 28.6. The third-order valence-corrected chi connectivity index (χ3v) is 7.33. The van der Waals surface area contributed by atoms with Gasteiger partial charge in [0.05, 0.1) is 0 Å². The Morgan fingerprint density at radius 3 is 2.43 bits per heavy atom. The number of hydrogen-bond acceptors (Lipinski definition) is 4. The number of carbonyl (C=O) groups is 3. The first-order valence-corrected chi connectivity index (χ1v) is 11.9. The standard InChI is InChI=1S/C23H40N4O3/c1-5-11-23(18-8-13-26(14-9-18)20(28)16-17(2)3)21(29)27(22(30)24-23)15-10-19-7-6-12-25(19)4/h17-19H,5-16H2,1-4H3,(H,24,30)/t19-,23+/m0/s1. The van der Waals surface area contributed by atoms with E-state index < -0.39 is 5.54 Å². The SMILES string of the molecule is CCC[C@]1(C2CCN(C(=O)CC(C)C)CC2)NC(=O)N(CC[C@@H]2CCCN2C)C1=O. The van der Waals surface area contributed by atoms with Crippen LogP contribution in [-0.2, 0) is 9.59 Å². The van der Waals surface area contributed by atoms with Gasteiger partial charge in [0.15, 0.2) is 0 Å². The first-order chi connectivity index (χ1) is 14.3. The van der Waals surface area contributed by atoms with Crippen molar-refractivity contribution in [2.45, 2.75) is 83.7 Å². The Morgan fingerprint density at radius 2 is 1.87 bits per heavy atom. The summed E-state index contributed by atoms with van der Waals surface area (Å²) < 4.78 is 0. The summed E-state index contributed by atoms with van der Waals surface area (Å²) in [4.78, 5) is 44.5. The van der Waals surface area contributed by atoms with Gasteiger partial charge in [-0.2, -0.15) is 0 Å². The molecule has 7 heteroatoms. The van der Waals surface area contributed by atoms with E-state index in [-0.39, 0.29) is 23.8 Å². The minimum absolute atomic E-state index is 0.0399. The van der Waals surface area contributed by atoms with Crippen molar-refractivity contribution in [2.75, 3.05) is 33.2 Å². The molecule has 3 rings (SSSR count). The molecule has 0 aromatic heterocycles. The molecule has 0 aliphatic carbocycles.